The maximum absolute atomic E-state index is 11.6. The molecule has 0 aliphatic heterocycles. The second-order valence-corrected chi connectivity index (χ2v) is 4.98. The smallest absolute Gasteiger partial charge is 0.308 e. The molecule has 0 aliphatic rings. The lowest BCUT2D eigenvalue weighted by Gasteiger charge is -2.10. The van der Waals surface area contributed by atoms with Gasteiger partial charge in [0.05, 0.1) is 12.5 Å². The average Bonchev–Trinajstić information content (AvgIpc) is 2.34. The minimum absolute atomic E-state index is 0.00740. The summed E-state index contributed by atoms with van der Waals surface area (Å²) in [7, 11) is 0. The summed E-state index contributed by atoms with van der Waals surface area (Å²) in [6, 6.07) is 0. The van der Waals surface area contributed by atoms with Gasteiger partial charge in [-0.05, 0) is 12.8 Å². The van der Waals surface area contributed by atoms with E-state index in [-0.39, 0.29) is 11.9 Å². The maximum atomic E-state index is 11.6. The summed E-state index contributed by atoms with van der Waals surface area (Å²) in [5.41, 5.74) is 0. The zero-order valence-corrected chi connectivity index (χ0v) is 12.0. The van der Waals surface area contributed by atoms with E-state index in [0.29, 0.717) is 6.61 Å². The standard InChI is InChI=1S/C15H30O2/c1-4-6-8-9-10-11-13-17-15(16)14(3)12-7-5-2/h14H,4-13H2,1-3H3/t14-/m1/s1. The van der Waals surface area contributed by atoms with Crippen molar-refractivity contribution in [3.63, 3.8) is 0 Å². The molecule has 0 fully saturated rings. The number of unbranched alkanes of at least 4 members (excludes halogenated alkanes) is 6. The minimum Gasteiger partial charge on any atom is -0.465 e. The van der Waals surface area contributed by atoms with Crippen molar-refractivity contribution in [1.82, 2.24) is 0 Å². The van der Waals surface area contributed by atoms with E-state index >= 15 is 0 Å². The van der Waals surface area contributed by atoms with Gasteiger partial charge < -0.3 is 4.74 Å². The highest BCUT2D eigenvalue weighted by atomic mass is 16.5. The van der Waals surface area contributed by atoms with Crippen LogP contribution in [-0.2, 0) is 9.53 Å². The third-order valence-corrected chi connectivity index (χ3v) is 3.14. The van der Waals surface area contributed by atoms with Crippen LogP contribution in [0.15, 0.2) is 0 Å². The SMILES string of the molecule is CCCCCCCCOC(=O)[C@H](C)CCCC. The van der Waals surface area contributed by atoms with Crippen LogP contribution in [0.3, 0.4) is 0 Å². The molecule has 0 aromatic carbocycles. The van der Waals surface area contributed by atoms with Crippen LogP contribution >= 0.6 is 0 Å². The molecule has 102 valence electrons. The van der Waals surface area contributed by atoms with Crippen molar-refractivity contribution in [3.8, 4) is 0 Å². The molecule has 2 nitrogen and oxygen atoms in total. The van der Waals surface area contributed by atoms with Gasteiger partial charge in [0.15, 0.2) is 0 Å². The van der Waals surface area contributed by atoms with Crippen molar-refractivity contribution in [2.45, 2.75) is 78.6 Å². The van der Waals surface area contributed by atoms with Crippen molar-refractivity contribution in [3.05, 3.63) is 0 Å². The molecule has 2 heteroatoms. The molecule has 0 saturated carbocycles. The lowest BCUT2D eigenvalue weighted by molar-refractivity contribution is -0.148. The van der Waals surface area contributed by atoms with Gasteiger partial charge in [-0.2, -0.15) is 0 Å². The van der Waals surface area contributed by atoms with Crippen molar-refractivity contribution in [1.29, 1.82) is 0 Å². The van der Waals surface area contributed by atoms with Gasteiger partial charge in [-0.15, -0.1) is 0 Å². The molecule has 0 rings (SSSR count). The molecule has 0 N–H and O–H groups in total. The van der Waals surface area contributed by atoms with E-state index in [4.69, 9.17) is 4.74 Å². The summed E-state index contributed by atoms with van der Waals surface area (Å²) >= 11 is 0. The molecule has 0 unspecified atom stereocenters. The molecular formula is C15H30O2. The Morgan fingerprint density at radius 3 is 2.18 bits per heavy atom. The summed E-state index contributed by atoms with van der Waals surface area (Å²) < 4.78 is 5.27. The van der Waals surface area contributed by atoms with Crippen LogP contribution in [0.1, 0.15) is 78.6 Å². The van der Waals surface area contributed by atoms with Crippen LogP contribution < -0.4 is 0 Å². The first-order chi connectivity index (χ1) is 8.22. The first-order valence-corrected chi connectivity index (χ1v) is 7.39. The fourth-order valence-corrected chi connectivity index (χ4v) is 1.83. The topological polar surface area (TPSA) is 26.3 Å². The van der Waals surface area contributed by atoms with Crippen LogP contribution in [-0.4, -0.2) is 12.6 Å². The van der Waals surface area contributed by atoms with E-state index in [9.17, 15) is 4.79 Å². The van der Waals surface area contributed by atoms with Crippen LogP contribution in [0.4, 0.5) is 0 Å². The van der Waals surface area contributed by atoms with Gasteiger partial charge in [0, 0.05) is 0 Å². The zero-order chi connectivity index (χ0) is 12.9. The summed E-state index contributed by atoms with van der Waals surface area (Å²) in [6.07, 6.45) is 10.6. The number of carbonyl (C=O) groups is 1. The fourth-order valence-electron chi connectivity index (χ4n) is 1.83. The van der Waals surface area contributed by atoms with Gasteiger partial charge in [0.2, 0.25) is 0 Å². The van der Waals surface area contributed by atoms with Crippen molar-refractivity contribution < 1.29 is 9.53 Å². The fraction of sp³-hybridized carbons (Fsp3) is 0.933. The van der Waals surface area contributed by atoms with E-state index in [1.807, 2.05) is 6.92 Å². The molecule has 0 heterocycles. The molecule has 0 aliphatic carbocycles. The Kier molecular flexibility index (Phi) is 11.6. The van der Waals surface area contributed by atoms with Gasteiger partial charge in [-0.1, -0.05) is 65.7 Å². The Labute approximate surface area is 107 Å². The Balaban J connectivity index is 3.32. The highest BCUT2D eigenvalue weighted by Gasteiger charge is 2.12. The quantitative estimate of drug-likeness (QED) is 0.387. The van der Waals surface area contributed by atoms with E-state index in [2.05, 4.69) is 13.8 Å². The van der Waals surface area contributed by atoms with Crippen molar-refractivity contribution >= 4 is 5.97 Å². The zero-order valence-electron chi connectivity index (χ0n) is 12.0. The predicted molar refractivity (Wildman–Crippen MR) is 73.0 cm³/mol. The first-order valence-electron chi connectivity index (χ1n) is 7.39. The van der Waals surface area contributed by atoms with E-state index in [1.54, 1.807) is 0 Å². The maximum Gasteiger partial charge on any atom is 0.308 e. The van der Waals surface area contributed by atoms with Crippen LogP contribution in [0, 0.1) is 5.92 Å². The van der Waals surface area contributed by atoms with E-state index < -0.39 is 0 Å². The highest BCUT2D eigenvalue weighted by molar-refractivity contribution is 5.71. The van der Waals surface area contributed by atoms with E-state index in [1.165, 1.54) is 32.1 Å². The van der Waals surface area contributed by atoms with Crippen molar-refractivity contribution in [2.24, 2.45) is 5.92 Å². The number of hydrogen-bond donors (Lipinski definition) is 0. The Bertz CT molecular complexity index is 178. The summed E-state index contributed by atoms with van der Waals surface area (Å²) in [6.45, 7) is 6.95. The van der Waals surface area contributed by atoms with Crippen LogP contribution in [0.25, 0.3) is 0 Å². The molecule has 17 heavy (non-hydrogen) atoms. The lowest BCUT2D eigenvalue weighted by atomic mass is 10.1. The molecule has 0 bridgehead atoms. The summed E-state index contributed by atoms with van der Waals surface area (Å²) in [4.78, 5) is 11.6. The highest BCUT2D eigenvalue weighted by Crippen LogP contribution is 2.10. The average molecular weight is 242 g/mol. The summed E-state index contributed by atoms with van der Waals surface area (Å²) in [5.74, 6) is 0.0713. The van der Waals surface area contributed by atoms with Gasteiger partial charge in [-0.3, -0.25) is 4.79 Å². The Morgan fingerprint density at radius 1 is 0.941 bits per heavy atom. The number of ether oxygens (including phenoxy) is 1. The molecule has 0 saturated heterocycles. The minimum atomic E-state index is -0.00740. The lowest BCUT2D eigenvalue weighted by Crippen LogP contribution is -2.15. The second-order valence-electron chi connectivity index (χ2n) is 4.98. The van der Waals surface area contributed by atoms with Crippen LogP contribution in [0.5, 0.6) is 0 Å². The third-order valence-electron chi connectivity index (χ3n) is 3.14. The van der Waals surface area contributed by atoms with Gasteiger partial charge >= 0.3 is 5.97 Å². The molecule has 0 aromatic heterocycles. The first kappa shape index (κ1) is 16.5. The third kappa shape index (κ3) is 10.3. The van der Waals surface area contributed by atoms with Gasteiger partial charge in [0.1, 0.15) is 0 Å². The molecule has 0 radical (unpaired) electrons. The number of carbonyl (C=O) groups excluding carboxylic acids is 1. The van der Waals surface area contributed by atoms with Crippen molar-refractivity contribution in [2.75, 3.05) is 6.61 Å². The molecular weight excluding hydrogens is 212 g/mol. The summed E-state index contributed by atoms with van der Waals surface area (Å²) in [5, 5.41) is 0. The Morgan fingerprint density at radius 2 is 1.53 bits per heavy atom. The number of hydrogen-bond acceptors (Lipinski definition) is 2. The van der Waals surface area contributed by atoms with Gasteiger partial charge in [-0.25, -0.2) is 0 Å². The second kappa shape index (κ2) is 11.9. The van der Waals surface area contributed by atoms with Crippen LogP contribution in [0.2, 0.25) is 0 Å². The number of rotatable bonds is 11. The molecule has 0 spiro atoms. The molecule has 0 aromatic rings. The van der Waals surface area contributed by atoms with Gasteiger partial charge in [0.25, 0.3) is 0 Å². The molecule has 0 amide bonds. The largest absolute Gasteiger partial charge is 0.465 e. The predicted octanol–water partition coefficient (Wildman–Crippen LogP) is 4.72. The Hall–Kier alpha value is -0.530. The van der Waals surface area contributed by atoms with E-state index in [0.717, 1.165) is 25.7 Å². The number of esters is 1. The monoisotopic (exact) mass is 242 g/mol. The molecule has 1 atom stereocenters. The normalized spacial score (nSPS) is 12.4.